The number of anilines is 1. The molecule has 0 bridgehead atoms. The molecular formula is C19H22N2O7. The molecule has 2 heterocycles. The van der Waals surface area contributed by atoms with E-state index < -0.39 is 30.1 Å². The van der Waals surface area contributed by atoms with E-state index in [1.54, 1.807) is 23.1 Å². The summed E-state index contributed by atoms with van der Waals surface area (Å²) in [6, 6.07) is 5.18. The highest BCUT2D eigenvalue weighted by molar-refractivity contribution is 6.03. The Balaban J connectivity index is 1.85. The molecule has 9 heteroatoms. The van der Waals surface area contributed by atoms with Gasteiger partial charge in [0, 0.05) is 37.8 Å². The van der Waals surface area contributed by atoms with Crippen LogP contribution in [0, 0.1) is 0 Å². The van der Waals surface area contributed by atoms with E-state index in [0.717, 1.165) is 18.9 Å². The molecule has 9 nitrogen and oxygen atoms in total. The quantitative estimate of drug-likeness (QED) is 0.715. The molecule has 2 atom stereocenters. The minimum atomic E-state index is -1.73. The summed E-state index contributed by atoms with van der Waals surface area (Å²) in [5.74, 6) is -3.00. The van der Waals surface area contributed by atoms with Crippen LogP contribution in [0.3, 0.4) is 0 Å². The minimum Gasteiger partial charge on any atom is -0.478 e. The van der Waals surface area contributed by atoms with Crippen molar-refractivity contribution in [3.05, 3.63) is 29.3 Å². The lowest BCUT2D eigenvalue weighted by atomic mass is 10.1. The third-order valence-electron chi connectivity index (χ3n) is 4.71. The Kier molecular flexibility index (Phi) is 5.64. The Morgan fingerprint density at radius 1 is 1.36 bits per heavy atom. The fourth-order valence-electron chi connectivity index (χ4n) is 3.47. The summed E-state index contributed by atoms with van der Waals surface area (Å²) >= 11 is 0. The second-order valence-corrected chi connectivity index (χ2v) is 6.72. The molecule has 2 amide bonds. The van der Waals surface area contributed by atoms with Gasteiger partial charge in [0.05, 0.1) is 6.61 Å². The van der Waals surface area contributed by atoms with E-state index >= 15 is 0 Å². The Morgan fingerprint density at radius 3 is 2.75 bits per heavy atom. The molecule has 2 aliphatic heterocycles. The van der Waals surface area contributed by atoms with Crippen LogP contribution in [0.5, 0.6) is 0 Å². The fourth-order valence-corrected chi connectivity index (χ4v) is 3.47. The van der Waals surface area contributed by atoms with Crippen molar-refractivity contribution >= 4 is 29.4 Å². The normalized spacial score (nSPS) is 20.1. The van der Waals surface area contributed by atoms with Gasteiger partial charge < -0.3 is 24.4 Å². The first kappa shape index (κ1) is 19.8. The number of nitrogens with zero attached hydrogens (tertiary/aromatic N) is 2. The molecular weight excluding hydrogens is 368 g/mol. The van der Waals surface area contributed by atoms with Gasteiger partial charge >= 0.3 is 11.9 Å². The van der Waals surface area contributed by atoms with Gasteiger partial charge in [-0.3, -0.25) is 14.4 Å². The van der Waals surface area contributed by atoms with Crippen molar-refractivity contribution in [2.24, 2.45) is 0 Å². The van der Waals surface area contributed by atoms with E-state index in [1.165, 1.54) is 4.90 Å². The van der Waals surface area contributed by atoms with Crippen molar-refractivity contribution < 1.29 is 33.8 Å². The van der Waals surface area contributed by atoms with Crippen LogP contribution in [0.25, 0.3) is 0 Å². The second kappa shape index (κ2) is 7.97. The molecule has 0 aromatic heterocycles. The number of aliphatic carboxylic acids is 1. The number of esters is 1. The van der Waals surface area contributed by atoms with E-state index in [1.807, 2.05) is 6.92 Å². The van der Waals surface area contributed by atoms with Gasteiger partial charge in [0.15, 0.2) is 6.10 Å². The summed E-state index contributed by atoms with van der Waals surface area (Å²) in [7, 11) is 0. The SMILES string of the molecule is CCCN1Cc2ccc(N3CCO[C@H]([C@@H](OC(C)=O)C(=O)O)C3=O)cc2C1=O. The van der Waals surface area contributed by atoms with Crippen LogP contribution < -0.4 is 4.90 Å². The molecule has 28 heavy (non-hydrogen) atoms. The van der Waals surface area contributed by atoms with Crippen molar-refractivity contribution in [3.63, 3.8) is 0 Å². The van der Waals surface area contributed by atoms with Gasteiger partial charge in [0.25, 0.3) is 11.8 Å². The van der Waals surface area contributed by atoms with E-state index in [2.05, 4.69) is 0 Å². The van der Waals surface area contributed by atoms with Crippen LogP contribution in [0.4, 0.5) is 5.69 Å². The summed E-state index contributed by atoms with van der Waals surface area (Å²) in [5, 5.41) is 9.31. The number of hydrogen-bond acceptors (Lipinski definition) is 6. The zero-order valence-electron chi connectivity index (χ0n) is 15.7. The van der Waals surface area contributed by atoms with Crippen molar-refractivity contribution in [1.29, 1.82) is 0 Å². The van der Waals surface area contributed by atoms with E-state index in [4.69, 9.17) is 9.47 Å². The lowest BCUT2D eigenvalue weighted by Crippen LogP contribution is -2.55. The Bertz CT molecular complexity index is 823. The summed E-state index contributed by atoms with van der Waals surface area (Å²) < 4.78 is 10.1. The second-order valence-electron chi connectivity index (χ2n) is 6.72. The predicted molar refractivity (Wildman–Crippen MR) is 96.8 cm³/mol. The van der Waals surface area contributed by atoms with Crippen LogP contribution in [-0.4, -0.2) is 65.7 Å². The van der Waals surface area contributed by atoms with Crippen molar-refractivity contribution in [2.45, 2.75) is 39.0 Å². The molecule has 0 aliphatic carbocycles. The molecule has 0 radical (unpaired) electrons. The van der Waals surface area contributed by atoms with Gasteiger partial charge in [-0.1, -0.05) is 13.0 Å². The molecule has 1 fully saturated rings. The summed E-state index contributed by atoms with van der Waals surface area (Å²) in [5.41, 5.74) is 1.91. The van der Waals surface area contributed by atoms with Gasteiger partial charge in [-0.15, -0.1) is 0 Å². The first-order chi connectivity index (χ1) is 13.3. The number of hydrogen-bond donors (Lipinski definition) is 1. The topological polar surface area (TPSA) is 113 Å². The highest BCUT2D eigenvalue weighted by Crippen LogP contribution is 2.29. The van der Waals surface area contributed by atoms with Crippen LogP contribution in [0.15, 0.2) is 18.2 Å². The van der Waals surface area contributed by atoms with Crippen molar-refractivity contribution in [3.8, 4) is 0 Å². The maximum atomic E-state index is 12.9. The van der Waals surface area contributed by atoms with Crippen LogP contribution in [-0.2, 0) is 30.4 Å². The number of rotatable bonds is 6. The highest BCUT2D eigenvalue weighted by atomic mass is 16.6. The molecule has 0 spiro atoms. The number of carboxylic acids is 1. The van der Waals surface area contributed by atoms with Crippen LogP contribution >= 0.6 is 0 Å². The number of carbonyl (C=O) groups excluding carboxylic acids is 3. The molecule has 1 aromatic carbocycles. The van der Waals surface area contributed by atoms with Gasteiger partial charge in [0.1, 0.15) is 0 Å². The van der Waals surface area contributed by atoms with Gasteiger partial charge in [-0.25, -0.2) is 4.79 Å². The summed E-state index contributed by atoms with van der Waals surface area (Å²) in [4.78, 5) is 51.2. The number of ether oxygens (including phenoxy) is 2. The van der Waals surface area contributed by atoms with Gasteiger partial charge in [0.2, 0.25) is 6.10 Å². The maximum Gasteiger partial charge on any atom is 0.348 e. The molecule has 1 N–H and O–H groups in total. The number of carbonyl (C=O) groups is 4. The first-order valence-corrected chi connectivity index (χ1v) is 9.08. The van der Waals surface area contributed by atoms with Crippen LogP contribution in [0.1, 0.15) is 36.2 Å². The lowest BCUT2D eigenvalue weighted by Gasteiger charge is -2.34. The third kappa shape index (κ3) is 3.70. The standard InChI is InChI=1S/C19H22N2O7/c1-3-6-20-10-12-4-5-13(9-14(12)17(20)23)21-7-8-27-15(18(21)24)16(19(25)26)28-11(2)22/h4-5,9,15-16H,3,6-8,10H2,1-2H3,(H,25,26)/t15-,16-/m1/s1. The van der Waals surface area contributed by atoms with Crippen molar-refractivity contribution in [2.75, 3.05) is 24.6 Å². The summed E-state index contributed by atoms with van der Waals surface area (Å²) in [6.07, 6.45) is -2.33. The average molecular weight is 390 g/mol. The largest absolute Gasteiger partial charge is 0.478 e. The number of carboxylic acid groups (broad SMARTS) is 1. The molecule has 150 valence electrons. The van der Waals surface area contributed by atoms with Crippen LogP contribution in [0.2, 0.25) is 0 Å². The van der Waals surface area contributed by atoms with E-state index in [9.17, 15) is 24.3 Å². The molecule has 0 saturated carbocycles. The zero-order valence-corrected chi connectivity index (χ0v) is 15.7. The third-order valence-corrected chi connectivity index (χ3v) is 4.71. The number of amides is 2. The molecule has 1 saturated heterocycles. The Morgan fingerprint density at radius 2 is 2.11 bits per heavy atom. The van der Waals surface area contributed by atoms with Gasteiger partial charge in [-0.05, 0) is 24.1 Å². The van der Waals surface area contributed by atoms with E-state index in [-0.39, 0.29) is 19.1 Å². The number of benzene rings is 1. The minimum absolute atomic E-state index is 0.0778. The fraction of sp³-hybridized carbons (Fsp3) is 0.474. The zero-order chi connectivity index (χ0) is 20.4. The average Bonchev–Trinajstić information content (AvgIpc) is 2.95. The smallest absolute Gasteiger partial charge is 0.348 e. The Labute approximate surface area is 161 Å². The first-order valence-electron chi connectivity index (χ1n) is 9.08. The lowest BCUT2D eigenvalue weighted by molar-refractivity contribution is -0.177. The maximum absolute atomic E-state index is 12.9. The number of morpholine rings is 1. The monoisotopic (exact) mass is 390 g/mol. The molecule has 2 aliphatic rings. The predicted octanol–water partition coefficient (Wildman–Crippen LogP) is 0.801. The van der Waals surface area contributed by atoms with E-state index in [0.29, 0.717) is 24.3 Å². The summed E-state index contributed by atoms with van der Waals surface area (Å²) in [6.45, 7) is 4.53. The van der Waals surface area contributed by atoms with Gasteiger partial charge in [-0.2, -0.15) is 0 Å². The van der Waals surface area contributed by atoms with Crippen molar-refractivity contribution in [1.82, 2.24) is 4.90 Å². The number of fused-ring (bicyclic) bond motifs is 1. The molecule has 0 unspecified atom stereocenters. The highest BCUT2D eigenvalue weighted by Gasteiger charge is 2.43. The Hall–Kier alpha value is -2.94. The molecule has 1 aromatic rings. The molecule has 3 rings (SSSR count).